The lowest BCUT2D eigenvalue weighted by Gasteiger charge is -2.26. The number of carboxylic acid groups (broad SMARTS) is 1. The second-order valence-corrected chi connectivity index (χ2v) is 5.91. The van der Waals surface area contributed by atoms with Crippen LogP contribution in [-0.2, 0) is 16.7 Å². The van der Waals surface area contributed by atoms with Crippen LogP contribution in [0.2, 0.25) is 0 Å². The largest absolute Gasteiger partial charge is 1.00 e. The van der Waals surface area contributed by atoms with E-state index in [9.17, 15) is 9.90 Å². The van der Waals surface area contributed by atoms with Crippen LogP contribution in [0.4, 0.5) is 0 Å². The number of carboxylic acids is 1. The van der Waals surface area contributed by atoms with Crippen LogP contribution < -0.4 is 12.4 Å². The van der Waals surface area contributed by atoms with Crippen LogP contribution in [0.1, 0.15) is 42.6 Å². The summed E-state index contributed by atoms with van der Waals surface area (Å²) in [5.74, 6) is -0.219. The van der Waals surface area contributed by atoms with E-state index in [0.717, 1.165) is 18.7 Å². The maximum absolute atomic E-state index is 11.3. The molecule has 1 aromatic rings. The molecule has 20 heavy (non-hydrogen) atoms. The molecule has 0 atom stereocenters. The number of ether oxygens (including phenoxy) is 1. The maximum Gasteiger partial charge on any atom is 0.372 e. The number of hydrogen-bond acceptors (Lipinski definition) is 4. The normalized spacial score (nSPS) is 16.8. The van der Waals surface area contributed by atoms with Crippen molar-refractivity contribution in [2.75, 3.05) is 26.3 Å². The first kappa shape index (κ1) is 17.0. The minimum atomic E-state index is -1.00. The quantitative estimate of drug-likeness (QED) is 0.785. The molecule has 2 heterocycles. The van der Waals surface area contributed by atoms with Crippen molar-refractivity contribution >= 4 is 5.97 Å². The molecule has 0 spiro atoms. The molecule has 0 aliphatic carbocycles. The molecule has 1 fully saturated rings. The minimum Gasteiger partial charge on any atom is -1.00 e. The third-order valence-electron chi connectivity index (χ3n) is 3.24. The summed E-state index contributed by atoms with van der Waals surface area (Å²) in [6, 6.07) is 1.87. The SMILES string of the molecule is CC(C)(C)c1cc(CN2CCOCC2)c(C(=O)O)o1.[Cl-]. The summed E-state index contributed by atoms with van der Waals surface area (Å²) in [7, 11) is 0. The fourth-order valence-corrected chi connectivity index (χ4v) is 2.10. The van der Waals surface area contributed by atoms with Gasteiger partial charge in [0.1, 0.15) is 5.76 Å². The van der Waals surface area contributed by atoms with E-state index < -0.39 is 5.97 Å². The molecule has 0 aromatic carbocycles. The van der Waals surface area contributed by atoms with Crippen molar-refractivity contribution in [3.05, 3.63) is 23.2 Å². The molecular formula is C14H21ClNO4-. The van der Waals surface area contributed by atoms with E-state index in [2.05, 4.69) is 4.90 Å². The molecule has 1 saturated heterocycles. The zero-order valence-electron chi connectivity index (χ0n) is 12.1. The summed E-state index contributed by atoms with van der Waals surface area (Å²) in [4.78, 5) is 13.5. The summed E-state index contributed by atoms with van der Waals surface area (Å²) in [5, 5.41) is 9.24. The van der Waals surface area contributed by atoms with Crippen LogP contribution in [-0.4, -0.2) is 42.3 Å². The second-order valence-electron chi connectivity index (χ2n) is 5.91. The second kappa shape index (κ2) is 6.61. The third kappa shape index (κ3) is 3.98. The molecule has 2 rings (SSSR count). The van der Waals surface area contributed by atoms with Crippen molar-refractivity contribution < 1.29 is 31.5 Å². The Kier molecular flexibility index (Phi) is 5.62. The van der Waals surface area contributed by atoms with Gasteiger partial charge in [0.2, 0.25) is 5.76 Å². The number of nitrogens with zero attached hydrogens (tertiary/aromatic N) is 1. The summed E-state index contributed by atoms with van der Waals surface area (Å²) in [5.41, 5.74) is 0.562. The Morgan fingerprint density at radius 1 is 1.35 bits per heavy atom. The monoisotopic (exact) mass is 302 g/mol. The molecule has 6 heteroatoms. The van der Waals surface area contributed by atoms with Gasteiger partial charge in [-0.25, -0.2) is 4.79 Å². The number of halogens is 1. The van der Waals surface area contributed by atoms with E-state index in [1.54, 1.807) is 0 Å². The molecule has 114 valence electrons. The molecule has 0 amide bonds. The van der Waals surface area contributed by atoms with Crippen LogP contribution in [0.15, 0.2) is 10.5 Å². The van der Waals surface area contributed by atoms with Gasteiger partial charge in [0, 0.05) is 30.6 Å². The predicted molar refractivity (Wildman–Crippen MR) is 70.5 cm³/mol. The lowest BCUT2D eigenvalue weighted by molar-refractivity contribution is -0.0000229. The van der Waals surface area contributed by atoms with Crippen molar-refractivity contribution in [1.82, 2.24) is 4.90 Å². The highest BCUT2D eigenvalue weighted by Gasteiger charge is 2.26. The van der Waals surface area contributed by atoms with Crippen molar-refractivity contribution in [3.8, 4) is 0 Å². The number of rotatable bonds is 3. The number of furan rings is 1. The Morgan fingerprint density at radius 3 is 2.45 bits per heavy atom. The van der Waals surface area contributed by atoms with Gasteiger partial charge in [0.05, 0.1) is 13.2 Å². The Bertz CT molecular complexity index is 458. The average Bonchev–Trinajstić information content (AvgIpc) is 2.74. The lowest BCUT2D eigenvalue weighted by atomic mass is 9.93. The highest BCUT2D eigenvalue weighted by Crippen LogP contribution is 2.28. The molecule has 1 N–H and O–H groups in total. The average molecular weight is 303 g/mol. The van der Waals surface area contributed by atoms with Gasteiger partial charge in [-0.3, -0.25) is 4.90 Å². The molecule has 1 aliphatic rings. The van der Waals surface area contributed by atoms with Crippen molar-refractivity contribution in [3.63, 3.8) is 0 Å². The van der Waals surface area contributed by atoms with Crippen LogP contribution in [0.5, 0.6) is 0 Å². The number of hydrogen-bond donors (Lipinski definition) is 1. The third-order valence-corrected chi connectivity index (χ3v) is 3.24. The molecule has 5 nitrogen and oxygen atoms in total. The van der Waals surface area contributed by atoms with Crippen molar-refractivity contribution in [1.29, 1.82) is 0 Å². The topological polar surface area (TPSA) is 62.9 Å². The van der Waals surface area contributed by atoms with E-state index >= 15 is 0 Å². The fraction of sp³-hybridized carbons (Fsp3) is 0.643. The Balaban J connectivity index is 0.00000200. The van der Waals surface area contributed by atoms with Crippen LogP contribution >= 0.6 is 0 Å². The van der Waals surface area contributed by atoms with Gasteiger partial charge < -0.3 is 26.7 Å². The van der Waals surface area contributed by atoms with E-state index in [1.165, 1.54) is 0 Å². The first-order valence-corrected chi connectivity index (χ1v) is 6.54. The first-order chi connectivity index (χ1) is 8.88. The molecular weight excluding hydrogens is 282 g/mol. The Hall–Kier alpha value is -1.04. The van der Waals surface area contributed by atoms with Gasteiger partial charge in [0.15, 0.2) is 0 Å². The summed E-state index contributed by atoms with van der Waals surface area (Å²) < 4.78 is 10.8. The number of aromatic carboxylic acids is 1. The molecule has 1 aliphatic heterocycles. The number of carbonyl (C=O) groups is 1. The predicted octanol–water partition coefficient (Wildman–Crippen LogP) is -0.888. The zero-order chi connectivity index (χ0) is 14.0. The smallest absolute Gasteiger partial charge is 0.372 e. The number of morpholine rings is 1. The van der Waals surface area contributed by atoms with Crippen molar-refractivity contribution in [2.45, 2.75) is 32.7 Å². The molecule has 0 bridgehead atoms. The highest BCUT2D eigenvalue weighted by atomic mass is 35.5. The van der Waals surface area contributed by atoms with Crippen molar-refractivity contribution in [2.24, 2.45) is 0 Å². The standard InChI is InChI=1S/C14H21NO4.ClH/c1-14(2,3)11-8-10(12(19-11)13(16)17)9-15-4-6-18-7-5-15;/h8H,4-7,9H2,1-3H3,(H,16,17);1H/p-1. The molecule has 0 radical (unpaired) electrons. The van der Waals surface area contributed by atoms with Crippen LogP contribution in [0.25, 0.3) is 0 Å². The van der Waals surface area contributed by atoms with Gasteiger partial charge in [-0.1, -0.05) is 20.8 Å². The van der Waals surface area contributed by atoms with E-state index in [-0.39, 0.29) is 23.6 Å². The van der Waals surface area contributed by atoms with Gasteiger partial charge >= 0.3 is 5.97 Å². The van der Waals surface area contributed by atoms with Crippen LogP contribution in [0.3, 0.4) is 0 Å². The van der Waals surface area contributed by atoms with E-state index in [4.69, 9.17) is 9.15 Å². The lowest BCUT2D eigenvalue weighted by Crippen LogP contribution is -3.00. The summed E-state index contributed by atoms with van der Waals surface area (Å²) >= 11 is 0. The highest BCUT2D eigenvalue weighted by molar-refractivity contribution is 5.86. The van der Waals surface area contributed by atoms with Gasteiger partial charge in [-0.15, -0.1) is 0 Å². The Morgan fingerprint density at radius 2 is 1.95 bits per heavy atom. The summed E-state index contributed by atoms with van der Waals surface area (Å²) in [6.07, 6.45) is 0. The molecule has 1 aromatic heterocycles. The Labute approximate surface area is 125 Å². The molecule has 0 unspecified atom stereocenters. The zero-order valence-corrected chi connectivity index (χ0v) is 12.9. The maximum atomic E-state index is 11.3. The van der Waals surface area contributed by atoms with E-state index in [0.29, 0.717) is 25.5 Å². The minimum absolute atomic E-state index is 0. The fourth-order valence-electron chi connectivity index (χ4n) is 2.10. The van der Waals surface area contributed by atoms with Gasteiger partial charge in [-0.05, 0) is 6.07 Å². The van der Waals surface area contributed by atoms with Gasteiger partial charge in [0.25, 0.3) is 0 Å². The van der Waals surface area contributed by atoms with Gasteiger partial charge in [-0.2, -0.15) is 0 Å². The summed E-state index contributed by atoms with van der Waals surface area (Å²) in [6.45, 7) is 9.69. The first-order valence-electron chi connectivity index (χ1n) is 6.54. The molecule has 0 saturated carbocycles. The van der Waals surface area contributed by atoms with Crippen LogP contribution in [0, 0.1) is 0 Å². The van der Waals surface area contributed by atoms with E-state index in [1.807, 2.05) is 26.8 Å².